The Labute approximate surface area is 501 Å². The molecule has 0 spiro atoms. The lowest BCUT2D eigenvalue weighted by Crippen LogP contribution is -2.30. The van der Waals surface area contributed by atoms with Gasteiger partial charge in [0.2, 0.25) is 0 Å². The van der Waals surface area contributed by atoms with Crippen LogP contribution in [0.15, 0.2) is 122 Å². The van der Waals surface area contributed by atoms with Crippen LogP contribution in [0.1, 0.15) is 316 Å². The number of carbonyl (C=O) groups is 3. The molecule has 0 saturated carbocycles. The molecule has 0 aromatic carbocycles. The van der Waals surface area contributed by atoms with Gasteiger partial charge in [0.15, 0.2) is 6.10 Å². The van der Waals surface area contributed by atoms with Crippen molar-refractivity contribution < 1.29 is 28.6 Å². The highest BCUT2D eigenvalue weighted by atomic mass is 16.6. The van der Waals surface area contributed by atoms with Gasteiger partial charge in [-0.1, -0.05) is 303 Å². The zero-order valence-corrected chi connectivity index (χ0v) is 53.0. The maximum atomic E-state index is 12.9. The molecule has 0 aliphatic carbocycles. The fourth-order valence-corrected chi connectivity index (χ4v) is 9.37. The summed E-state index contributed by atoms with van der Waals surface area (Å²) in [5, 5.41) is 0. The fraction of sp³-hybridized carbons (Fsp3) is 0.693. The largest absolute Gasteiger partial charge is 0.462 e. The molecular weight excluding hydrogens is 997 g/mol. The SMILES string of the molecule is CC/C=C\C/C=C\C/C=C\C/C=C\C/C=C\C/C=C\C/C=C\C/C=C\C/C=C\CCCCCC(=O)OCC(COC(=O)CCCCCCC/C=C\CCCCCCC)OC(=O)CCCCCCCCCCCCCCCCCCCC. The van der Waals surface area contributed by atoms with Gasteiger partial charge in [-0.2, -0.15) is 0 Å². The molecule has 0 N–H and O–H groups in total. The molecular formula is C75H126O6. The predicted octanol–water partition coefficient (Wildman–Crippen LogP) is 23.6. The first-order valence-corrected chi connectivity index (χ1v) is 34.0. The van der Waals surface area contributed by atoms with E-state index >= 15 is 0 Å². The van der Waals surface area contributed by atoms with Crippen molar-refractivity contribution in [3.63, 3.8) is 0 Å². The number of ether oxygens (including phenoxy) is 3. The molecule has 6 heteroatoms. The number of rotatable bonds is 61. The molecule has 462 valence electrons. The number of carbonyl (C=O) groups excluding carboxylic acids is 3. The van der Waals surface area contributed by atoms with Crippen LogP contribution in [0.25, 0.3) is 0 Å². The highest BCUT2D eigenvalue weighted by Crippen LogP contribution is 2.16. The molecule has 1 unspecified atom stereocenters. The third kappa shape index (κ3) is 66.5. The van der Waals surface area contributed by atoms with Crippen LogP contribution in [0.5, 0.6) is 0 Å². The highest BCUT2D eigenvalue weighted by molar-refractivity contribution is 5.71. The summed E-state index contributed by atoms with van der Waals surface area (Å²) < 4.78 is 16.9. The molecule has 0 amide bonds. The number of allylic oxidation sites excluding steroid dienone is 20. The zero-order valence-electron chi connectivity index (χ0n) is 53.0. The lowest BCUT2D eigenvalue weighted by Gasteiger charge is -2.18. The van der Waals surface area contributed by atoms with Crippen LogP contribution in [-0.2, 0) is 28.6 Å². The Morgan fingerprint density at radius 3 is 0.778 bits per heavy atom. The van der Waals surface area contributed by atoms with Gasteiger partial charge in [0.1, 0.15) is 13.2 Å². The van der Waals surface area contributed by atoms with Crippen LogP contribution in [0, 0.1) is 0 Å². The van der Waals surface area contributed by atoms with E-state index < -0.39 is 6.10 Å². The van der Waals surface area contributed by atoms with Crippen molar-refractivity contribution in [1.29, 1.82) is 0 Å². The van der Waals surface area contributed by atoms with Gasteiger partial charge in [-0.05, 0) is 116 Å². The molecule has 0 saturated heterocycles. The fourth-order valence-electron chi connectivity index (χ4n) is 9.37. The minimum absolute atomic E-state index is 0.0921. The van der Waals surface area contributed by atoms with Crippen LogP contribution < -0.4 is 0 Å². The van der Waals surface area contributed by atoms with E-state index in [0.717, 1.165) is 128 Å². The summed E-state index contributed by atoms with van der Waals surface area (Å²) >= 11 is 0. The van der Waals surface area contributed by atoms with Crippen molar-refractivity contribution in [3.05, 3.63) is 122 Å². The standard InChI is InChI=1S/C75H126O6/c1-4-7-10-13-16-19-22-25-28-30-32-33-34-35-36-37-38-39-40-41-42-43-44-46-47-50-53-56-59-62-65-68-74(77)80-71-72(70-79-73(76)67-64-61-58-55-52-49-27-24-21-18-15-12-9-6-3)81-75(78)69-66-63-60-57-54-51-48-45-31-29-26-23-20-17-14-11-8-5-2/h7,10,16,19,24-25,27-28,32-33,35-36,38-39,41-42,44,46,50,53,72H,4-6,8-9,11-15,17-18,20-23,26,29-31,34,37,40,43,45,47-49,51-52,54-71H2,1-3H3/b10-7-,19-16-,27-24-,28-25-,33-32-,36-35-,39-38-,42-41-,46-44-,53-50-. The van der Waals surface area contributed by atoms with Crippen molar-refractivity contribution in [2.24, 2.45) is 0 Å². The molecule has 0 bridgehead atoms. The normalized spacial score (nSPS) is 12.9. The quantitative estimate of drug-likeness (QED) is 0.0261. The van der Waals surface area contributed by atoms with Gasteiger partial charge in [0.05, 0.1) is 0 Å². The van der Waals surface area contributed by atoms with Crippen LogP contribution in [-0.4, -0.2) is 37.2 Å². The van der Waals surface area contributed by atoms with Gasteiger partial charge in [0.25, 0.3) is 0 Å². The number of unbranched alkanes of at least 4 members (excludes halogenated alkanes) is 30. The third-order valence-electron chi connectivity index (χ3n) is 14.5. The maximum Gasteiger partial charge on any atom is 0.306 e. The van der Waals surface area contributed by atoms with Gasteiger partial charge in [-0.15, -0.1) is 0 Å². The van der Waals surface area contributed by atoms with Crippen molar-refractivity contribution in [2.45, 2.75) is 322 Å². The molecule has 0 aliphatic heterocycles. The maximum absolute atomic E-state index is 12.9. The monoisotopic (exact) mass is 1120 g/mol. The molecule has 0 aromatic rings. The topological polar surface area (TPSA) is 78.9 Å². The number of esters is 3. The molecule has 1 atom stereocenters. The molecule has 0 radical (unpaired) electrons. The Hall–Kier alpha value is -4.19. The molecule has 6 nitrogen and oxygen atoms in total. The van der Waals surface area contributed by atoms with E-state index in [1.807, 2.05) is 0 Å². The summed E-state index contributed by atoms with van der Waals surface area (Å²) in [6.07, 6.45) is 95.0. The Kier molecular flexibility index (Phi) is 64.8. The van der Waals surface area contributed by atoms with E-state index in [1.165, 1.54) is 148 Å². The van der Waals surface area contributed by atoms with Gasteiger partial charge in [-0.3, -0.25) is 14.4 Å². The van der Waals surface area contributed by atoms with E-state index in [1.54, 1.807) is 0 Å². The van der Waals surface area contributed by atoms with Crippen molar-refractivity contribution in [2.75, 3.05) is 13.2 Å². The second-order valence-corrected chi connectivity index (χ2v) is 22.4. The van der Waals surface area contributed by atoms with E-state index in [0.29, 0.717) is 19.3 Å². The Morgan fingerprint density at radius 2 is 0.481 bits per heavy atom. The summed E-state index contributed by atoms with van der Waals surface area (Å²) in [7, 11) is 0. The first-order valence-electron chi connectivity index (χ1n) is 34.0. The van der Waals surface area contributed by atoms with E-state index in [9.17, 15) is 14.4 Å². The van der Waals surface area contributed by atoms with Crippen molar-refractivity contribution in [3.8, 4) is 0 Å². The molecule has 0 aromatic heterocycles. The first-order chi connectivity index (χ1) is 40.0. The van der Waals surface area contributed by atoms with E-state index in [4.69, 9.17) is 14.2 Å². The Balaban J connectivity index is 4.39. The second kappa shape index (κ2) is 68.3. The Morgan fingerprint density at radius 1 is 0.259 bits per heavy atom. The summed E-state index contributed by atoms with van der Waals surface area (Å²) in [5.74, 6) is -0.923. The summed E-state index contributed by atoms with van der Waals surface area (Å²) in [4.78, 5) is 38.4. The lowest BCUT2D eigenvalue weighted by molar-refractivity contribution is -0.167. The summed E-state index contributed by atoms with van der Waals surface area (Å²) in [6.45, 7) is 6.51. The van der Waals surface area contributed by atoms with Gasteiger partial charge in [0, 0.05) is 19.3 Å². The van der Waals surface area contributed by atoms with Crippen LogP contribution in [0.4, 0.5) is 0 Å². The summed E-state index contributed by atoms with van der Waals surface area (Å²) in [5.41, 5.74) is 0. The molecule has 0 fully saturated rings. The van der Waals surface area contributed by atoms with Gasteiger partial charge < -0.3 is 14.2 Å². The van der Waals surface area contributed by atoms with Crippen LogP contribution in [0.2, 0.25) is 0 Å². The van der Waals surface area contributed by atoms with Crippen molar-refractivity contribution >= 4 is 17.9 Å². The lowest BCUT2D eigenvalue weighted by atomic mass is 10.0. The second-order valence-electron chi connectivity index (χ2n) is 22.4. The minimum atomic E-state index is -0.797. The first kappa shape index (κ1) is 76.8. The highest BCUT2D eigenvalue weighted by Gasteiger charge is 2.19. The molecule has 81 heavy (non-hydrogen) atoms. The Bertz CT molecular complexity index is 1670. The number of hydrogen-bond donors (Lipinski definition) is 0. The molecule has 0 aliphatic rings. The summed E-state index contributed by atoms with van der Waals surface area (Å²) in [6, 6.07) is 0. The van der Waals surface area contributed by atoms with Gasteiger partial charge >= 0.3 is 17.9 Å². The zero-order chi connectivity index (χ0) is 58.5. The third-order valence-corrected chi connectivity index (χ3v) is 14.5. The average Bonchev–Trinajstić information content (AvgIpc) is 3.47. The van der Waals surface area contributed by atoms with E-state index in [-0.39, 0.29) is 31.1 Å². The van der Waals surface area contributed by atoms with Crippen LogP contribution in [0.3, 0.4) is 0 Å². The average molecular weight is 1120 g/mol. The number of hydrogen-bond acceptors (Lipinski definition) is 6. The molecule has 0 heterocycles. The molecule has 0 rings (SSSR count). The van der Waals surface area contributed by atoms with Crippen molar-refractivity contribution in [1.82, 2.24) is 0 Å². The van der Waals surface area contributed by atoms with Crippen LogP contribution >= 0.6 is 0 Å². The minimum Gasteiger partial charge on any atom is -0.462 e. The predicted molar refractivity (Wildman–Crippen MR) is 353 cm³/mol. The smallest absolute Gasteiger partial charge is 0.306 e. The van der Waals surface area contributed by atoms with E-state index in [2.05, 4.69) is 142 Å². The van der Waals surface area contributed by atoms with Gasteiger partial charge in [-0.25, -0.2) is 0 Å².